The molecular formula is C18H30N2O. The molecule has 0 bridgehead atoms. The average Bonchev–Trinajstić information content (AvgIpc) is 2.77. The molecule has 0 radical (unpaired) electrons. The molecule has 1 saturated heterocycles. The van der Waals surface area contributed by atoms with Gasteiger partial charge >= 0.3 is 0 Å². The molecule has 1 fully saturated rings. The SMILES string of the molecule is CCC(CC)COc1ccc(N2CCCNCC2)c(C)c1. The normalized spacial score (nSPS) is 16.1. The summed E-state index contributed by atoms with van der Waals surface area (Å²) in [6.07, 6.45) is 3.59. The van der Waals surface area contributed by atoms with Gasteiger partial charge in [-0.2, -0.15) is 0 Å². The van der Waals surface area contributed by atoms with Crippen LogP contribution in [0.5, 0.6) is 5.75 Å². The summed E-state index contributed by atoms with van der Waals surface area (Å²) < 4.78 is 5.97. The summed E-state index contributed by atoms with van der Waals surface area (Å²) in [6.45, 7) is 11.9. The zero-order valence-corrected chi connectivity index (χ0v) is 13.8. The van der Waals surface area contributed by atoms with E-state index in [9.17, 15) is 0 Å². The number of aryl methyl sites for hydroxylation is 1. The van der Waals surface area contributed by atoms with Gasteiger partial charge in [0, 0.05) is 25.3 Å². The van der Waals surface area contributed by atoms with Crippen molar-refractivity contribution in [2.75, 3.05) is 37.7 Å². The van der Waals surface area contributed by atoms with Crippen LogP contribution >= 0.6 is 0 Å². The van der Waals surface area contributed by atoms with E-state index in [1.807, 2.05) is 0 Å². The number of rotatable bonds is 6. The molecule has 1 heterocycles. The highest BCUT2D eigenvalue weighted by Gasteiger charge is 2.12. The minimum absolute atomic E-state index is 0.668. The highest BCUT2D eigenvalue weighted by Crippen LogP contribution is 2.26. The molecule has 1 N–H and O–H groups in total. The van der Waals surface area contributed by atoms with E-state index in [0.717, 1.165) is 38.5 Å². The van der Waals surface area contributed by atoms with E-state index in [-0.39, 0.29) is 0 Å². The van der Waals surface area contributed by atoms with Gasteiger partial charge in [-0.05, 0) is 49.6 Å². The molecule has 0 unspecified atom stereocenters. The van der Waals surface area contributed by atoms with Gasteiger partial charge in [-0.15, -0.1) is 0 Å². The second kappa shape index (κ2) is 8.28. The van der Waals surface area contributed by atoms with E-state index in [0.29, 0.717) is 5.92 Å². The summed E-state index contributed by atoms with van der Waals surface area (Å²) in [4.78, 5) is 2.49. The first-order valence-electron chi connectivity index (χ1n) is 8.43. The van der Waals surface area contributed by atoms with Gasteiger partial charge < -0.3 is 15.0 Å². The van der Waals surface area contributed by atoms with Crippen LogP contribution in [0.25, 0.3) is 0 Å². The quantitative estimate of drug-likeness (QED) is 0.866. The van der Waals surface area contributed by atoms with Crippen molar-refractivity contribution in [2.45, 2.75) is 40.0 Å². The molecule has 1 aromatic rings. The number of anilines is 1. The molecule has 1 aliphatic heterocycles. The molecule has 3 nitrogen and oxygen atoms in total. The van der Waals surface area contributed by atoms with Crippen LogP contribution in [0.2, 0.25) is 0 Å². The van der Waals surface area contributed by atoms with Crippen molar-refractivity contribution in [1.29, 1.82) is 0 Å². The third kappa shape index (κ3) is 4.63. The molecule has 118 valence electrons. The Bertz CT molecular complexity index is 421. The fraction of sp³-hybridized carbons (Fsp3) is 0.667. The summed E-state index contributed by atoms with van der Waals surface area (Å²) in [6, 6.07) is 6.54. The fourth-order valence-corrected chi connectivity index (χ4v) is 2.90. The van der Waals surface area contributed by atoms with Gasteiger partial charge in [-0.1, -0.05) is 26.7 Å². The number of nitrogens with one attached hydrogen (secondary N) is 1. The number of benzene rings is 1. The van der Waals surface area contributed by atoms with E-state index in [4.69, 9.17) is 4.74 Å². The van der Waals surface area contributed by atoms with Crippen LogP contribution in [0.15, 0.2) is 18.2 Å². The van der Waals surface area contributed by atoms with Gasteiger partial charge in [0.15, 0.2) is 0 Å². The number of nitrogens with zero attached hydrogens (tertiary/aromatic N) is 1. The summed E-state index contributed by atoms with van der Waals surface area (Å²) in [5, 5.41) is 3.46. The molecule has 1 aromatic carbocycles. The van der Waals surface area contributed by atoms with Crippen LogP contribution in [0, 0.1) is 12.8 Å². The third-order valence-electron chi connectivity index (χ3n) is 4.49. The maximum absolute atomic E-state index is 5.97. The Balaban J connectivity index is 1.99. The predicted octanol–water partition coefficient (Wildman–Crippen LogP) is 3.61. The first kappa shape index (κ1) is 16.2. The monoisotopic (exact) mass is 290 g/mol. The van der Waals surface area contributed by atoms with Crippen molar-refractivity contribution >= 4 is 5.69 Å². The Hall–Kier alpha value is -1.22. The summed E-state index contributed by atoms with van der Waals surface area (Å²) in [7, 11) is 0. The highest BCUT2D eigenvalue weighted by molar-refractivity contribution is 5.56. The largest absolute Gasteiger partial charge is 0.493 e. The van der Waals surface area contributed by atoms with Gasteiger partial charge in [0.1, 0.15) is 5.75 Å². The van der Waals surface area contributed by atoms with Crippen molar-refractivity contribution in [3.63, 3.8) is 0 Å². The summed E-state index contributed by atoms with van der Waals surface area (Å²) >= 11 is 0. The smallest absolute Gasteiger partial charge is 0.119 e. The molecule has 0 saturated carbocycles. The molecule has 3 heteroatoms. The van der Waals surface area contributed by atoms with Crippen molar-refractivity contribution in [1.82, 2.24) is 5.32 Å². The number of ether oxygens (including phenoxy) is 1. The van der Waals surface area contributed by atoms with E-state index in [1.54, 1.807) is 0 Å². The molecule has 1 aliphatic rings. The lowest BCUT2D eigenvalue weighted by molar-refractivity contribution is 0.240. The second-order valence-electron chi connectivity index (χ2n) is 6.03. The Labute approximate surface area is 129 Å². The van der Waals surface area contributed by atoms with Crippen LogP contribution in [0.1, 0.15) is 38.7 Å². The van der Waals surface area contributed by atoms with Crippen LogP contribution < -0.4 is 15.0 Å². The van der Waals surface area contributed by atoms with E-state index in [1.165, 1.54) is 30.5 Å². The lowest BCUT2D eigenvalue weighted by Crippen LogP contribution is -2.28. The first-order chi connectivity index (χ1) is 10.2. The Morgan fingerprint density at radius 2 is 2.00 bits per heavy atom. The lowest BCUT2D eigenvalue weighted by atomic mass is 10.1. The standard InChI is InChI=1S/C18H30N2O/c1-4-16(5-2)14-21-17-7-8-18(15(3)13-17)20-11-6-9-19-10-12-20/h7-8,13,16,19H,4-6,9-12,14H2,1-3H3. The Morgan fingerprint density at radius 1 is 1.19 bits per heavy atom. The van der Waals surface area contributed by atoms with Crippen LogP contribution in [0.4, 0.5) is 5.69 Å². The van der Waals surface area contributed by atoms with Crippen LogP contribution in [0.3, 0.4) is 0 Å². The summed E-state index contributed by atoms with van der Waals surface area (Å²) in [5.41, 5.74) is 2.67. The topological polar surface area (TPSA) is 24.5 Å². The minimum atomic E-state index is 0.668. The molecular weight excluding hydrogens is 260 g/mol. The van der Waals surface area contributed by atoms with Crippen LogP contribution in [-0.2, 0) is 0 Å². The molecule has 0 aliphatic carbocycles. The van der Waals surface area contributed by atoms with E-state index in [2.05, 4.69) is 49.2 Å². The van der Waals surface area contributed by atoms with Gasteiger partial charge in [0.25, 0.3) is 0 Å². The third-order valence-corrected chi connectivity index (χ3v) is 4.49. The first-order valence-corrected chi connectivity index (χ1v) is 8.43. The Morgan fingerprint density at radius 3 is 2.71 bits per heavy atom. The average molecular weight is 290 g/mol. The van der Waals surface area contributed by atoms with E-state index < -0.39 is 0 Å². The molecule has 21 heavy (non-hydrogen) atoms. The highest BCUT2D eigenvalue weighted by atomic mass is 16.5. The van der Waals surface area contributed by atoms with Crippen molar-refractivity contribution < 1.29 is 4.74 Å². The van der Waals surface area contributed by atoms with Crippen molar-refractivity contribution in [2.24, 2.45) is 5.92 Å². The van der Waals surface area contributed by atoms with Gasteiger partial charge in [-0.3, -0.25) is 0 Å². The maximum Gasteiger partial charge on any atom is 0.119 e. The molecule has 0 atom stereocenters. The molecule has 0 spiro atoms. The minimum Gasteiger partial charge on any atom is -0.493 e. The van der Waals surface area contributed by atoms with Crippen LogP contribution in [-0.4, -0.2) is 32.8 Å². The predicted molar refractivity (Wildman–Crippen MR) is 90.4 cm³/mol. The molecule has 0 amide bonds. The lowest BCUT2D eigenvalue weighted by Gasteiger charge is -2.25. The van der Waals surface area contributed by atoms with Gasteiger partial charge in [-0.25, -0.2) is 0 Å². The molecule has 0 aromatic heterocycles. The van der Waals surface area contributed by atoms with Crippen molar-refractivity contribution in [3.05, 3.63) is 23.8 Å². The number of hydrogen-bond donors (Lipinski definition) is 1. The maximum atomic E-state index is 5.97. The molecule has 2 rings (SSSR count). The van der Waals surface area contributed by atoms with E-state index >= 15 is 0 Å². The zero-order chi connectivity index (χ0) is 15.1. The fourth-order valence-electron chi connectivity index (χ4n) is 2.90. The second-order valence-corrected chi connectivity index (χ2v) is 6.03. The van der Waals surface area contributed by atoms with Gasteiger partial charge in [0.2, 0.25) is 0 Å². The zero-order valence-electron chi connectivity index (χ0n) is 13.8. The summed E-state index contributed by atoms with van der Waals surface area (Å²) in [5.74, 6) is 1.68. The number of hydrogen-bond acceptors (Lipinski definition) is 3. The van der Waals surface area contributed by atoms with Gasteiger partial charge in [0.05, 0.1) is 6.61 Å². The Kier molecular flexibility index (Phi) is 6.37. The van der Waals surface area contributed by atoms with Crippen molar-refractivity contribution in [3.8, 4) is 5.75 Å².